The number of rotatable bonds is 11. The zero-order valence-electron chi connectivity index (χ0n) is 21.4. The van der Waals surface area contributed by atoms with Crippen LogP contribution in [0.5, 0.6) is 11.5 Å². The van der Waals surface area contributed by atoms with Crippen LogP contribution in [0.2, 0.25) is 0 Å². The topological polar surface area (TPSA) is 85.5 Å². The molecule has 0 saturated heterocycles. The molecule has 3 N–H and O–H groups in total. The summed E-state index contributed by atoms with van der Waals surface area (Å²) in [6.07, 6.45) is 0. The van der Waals surface area contributed by atoms with Crippen LogP contribution in [0, 0.1) is 5.82 Å². The Morgan fingerprint density at radius 1 is 0.919 bits per heavy atom. The number of anilines is 3. The number of ether oxygens (including phenoxy) is 2. The maximum Gasteiger partial charge on any atom is 0.222 e. The minimum atomic E-state index is -0.392. The quantitative estimate of drug-likeness (QED) is 0.260. The summed E-state index contributed by atoms with van der Waals surface area (Å²) in [6.45, 7) is 7.68. The Kier molecular flexibility index (Phi) is 8.53. The second-order valence-electron chi connectivity index (χ2n) is 8.36. The molecule has 3 aromatic carbocycles. The van der Waals surface area contributed by atoms with Crippen LogP contribution in [-0.2, 0) is 0 Å². The van der Waals surface area contributed by atoms with E-state index in [9.17, 15) is 0 Å². The fourth-order valence-electron chi connectivity index (χ4n) is 4.11. The van der Waals surface area contributed by atoms with Crippen LogP contribution < -0.4 is 20.5 Å². The third-order valence-electron chi connectivity index (χ3n) is 6.13. The molecule has 0 aliphatic heterocycles. The van der Waals surface area contributed by atoms with E-state index in [0.717, 1.165) is 30.9 Å². The number of para-hydroxylation sites is 2. The zero-order valence-corrected chi connectivity index (χ0v) is 21.4. The Morgan fingerprint density at radius 3 is 2.32 bits per heavy atom. The molecule has 0 spiro atoms. The lowest BCUT2D eigenvalue weighted by atomic mass is 9.98. The molecule has 0 radical (unpaired) electrons. The number of hydrogen-bond acceptors (Lipinski definition) is 7. The van der Waals surface area contributed by atoms with Gasteiger partial charge in [-0.05, 0) is 55.6 Å². The molecule has 0 saturated carbocycles. The average molecular weight is 502 g/mol. The van der Waals surface area contributed by atoms with E-state index in [1.54, 1.807) is 25.3 Å². The third-order valence-corrected chi connectivity index (χ3v) is 6.13. The monoisotopic (exact) mass is 501 g/mol. The van der Waals surface area contributed by atoms with Gasteiger partial charge in [-0.2, -0.15) is 4.98 Å². The smallest absolute Gasteiger partial charge is 0.222 e. The van der Waals surface area contributed by atoms with E-state index >= 15 is 4.39 Å². The van der Waals surface area contributed by atoms with Gasteiger partial charge in [0.15, 0.2) is 0 Å². The summed E-state index contributed by atoms with van der Waals surface area (Å²) in [4.78, 5) is 11.3. The summed E-state index contributed by atoms with van der Waals surface area (Å²) < 4.78 is 26.5. The highest BCUT2D eigenvalue weighted by atomic mass is 19.1. The summed E-state index contributed by atoms with van der Waals surface area (Å²) in [5, 5.41) is 3.28. The Hall–Kier alpha value is -4.17. The van der Waals surface area contributed by atoms with Gasteiger partial charge in [-0.1, -0.05) is 44.2 Å². The predicted molar refractivity (Wildman–Crippen MR) is 147 cm³/mol. The first kappa shape index (κ1) is 25.9. The van der Waals surface area contributed by atoms with Crippen molar-refractivity contribution in [1.29, 1.82) is 0 Å². The lowest BCUT2D eigenvalue weighted by molar-refractivity contribution is 0.223. The van der Waals surface area contributed by atoms with E-state index in [2.05, 4.69) is 34.0 Å². The Bertz CT molecular complexity index is 1330. The lowest BCUT2D eigenvalue weighted by Crippen LogP contribution is -2.27. The SMILES string of the molecule is CCN(CC)CCOc1ccc(-c2nc(N)nc(Nc3ccccc3OC)c2-c2ccccc2F)cc1. The van der Waals surface area contributed by atoms with Crippen LogP contribution in [0.3, 0.4) is 0 Å². The Balaban J connectivity index is 1.74. The van der Waals surface area contributed by atoms with Crippen molar-refractivity contribution in [3.05, 3.63) is 78.6 Å². The molecule has 0 atom stereocenters. The summed E-state index contributed by atoms with van der Waals surface area (Å²) >= 11 is 0. The number of hydrogen-bond donors (Lipinski definition) is 2. The minimum Gasteiger partial charge on any atom is -0.495 e. The van der Waals surface area contributed by atoms with Crippen molar-refractivity contribution in [1.82, 2.24) is 14.9 Å². The molecule has 7 nitrogen and oxygen atoms in total. The number of nitrogens with zero attached hydrogens (tertiary/aromatic N) is 3. The van der Waals surface area contributed by atoms with Crippen LogP contribution in [0.4, 0.5) is 21.8 Å². The average Bonchev–Trinajstić information content (AvgIpc) is 2.92. The number of methoxy groups -OCH3 is 1. The number of nitrogens with one attached hydrogen (secondary N) is 1. The number of halogens is 1. The molecule has 0 bridgehead atoms. The standard InChI is InChI=1S/C29H32FN5O2/c1-4-35(5-2)18-19-37-21-16-14-20(15-17-21)27-26(22-10-6-7-11-23(22)30)28(34-29(31)33-27)32-24-12-8-9-13-25(24)36-3/h6-17H,4-5,18-19H2,1-3H3,(H3,31,32,33,34). The molecule has 8 heteroatoms. The van der Waals surface area contributed by atoms with Gasteiger partial charge in [0.2, 0.25) is 5.95 Å². The lowest BCUT2D eigenvalue weighted by Gasteiger charge is -2.19. The van der Waals surface area contributed by atoms with E-state index in [0.29, 0.717) is 40.7 Å². The van der Waals surface area contributed by atoms with Crippen LogP contribution >= 0.6 is 0 Å². The van der Waals surface area contributed by atoms with E-state index < -0.39 is 5.82 Å². The van der Waals surface area contributed by atoms with Crippen LogP contribution in [0.25, 0.3) is 22.4 Å². The summed E-state index contributed by atoms with van der Waals surface area (Å²) in [6, 6.07) is 21.5. The molecule has 4 aromatic rings. The number of benzene rings is 3. The second-order valence-corrected chi connectivity index (χ2v) is 8.36. The molecule has 0 unspecified atom stereocenters. The van der Waals surface area contributed by atoms with Gasteiger partial charge in [0.25, 0.3) is 0 Å². The minimum absolute atomic E-state index is 0.0621. The third kappa shape index (κ3) is 6.16. The highest BCUT2D eigenvalue weighted by Gasteiger charge is 2.21. The van der Waals surface area contributed by atoms with Gasteiger partial charge in [0.05, 0.1) is 24.1 Å². The van der Waals surface area contributed by atoms with Crippen molar-refractivity contribution in [3.63, 3.8) is 0 Å². The Morgan fingerprint density at radius 2 is 1.62 bits per heavy atom. The molecular formula is C29H32FN5O2. The molecule has 1 aromatic heterocycles. The summed E-state index contributed by atoms with van der Waals surface area (Å²) in [5.41, 5.74) is 8.92. The van der Waals surface area contributed by atoms with Gasteiger partial charge in [-0.25, -0.2) is 9.37 Å². The predicted octanol–water partition coefficient (Wildman–Crippen LogP) is 6.00. The fraction of sp³-hybridized carbons (Fsp3) is 0.241. The molecule has 37 heavy (non-hydrogen) atoms. The number of nitrogen functional groups attached to an aromatic ring is 1. The summed E-state index contributed by atoms with van der Waals surface area (Å²) in [7, 11) is 1.59. The van der Waals surface area contributed by atoms with Crippen molar-refractivity contribution in [3.8, 4) is 33.9 Å². The molecule has 0 aliphatic carbocycles. The van der Waals surface area contributed by atoms with Crippen LogP contribution in [-0.4, -0.2) is 48.2 Å². The van der Waals surface area contributed by atoms with Gasteiger partial charge in [0.1, 0.15) is 29.7 Å². The van der Waals surface area contributed by atoms with Crippen LogP contribution in [0.15, 0.2) is 72.8 Å². The van der Waals surface area contributed by atoms with Gasteiger partial charge in [0, 0.05) is 17.7 Å². The van der Waals surface area contributed by atoms with Gasteiger partial charge >= 0.3 is 0 Å². The second kappa shape index (κ2) is 12.2. The molecule has 0 fully saturated rings. The van der Waals surface area contributed by atoms with E-state index in [4.69, 9.17) is 15.2 Å². The molecule has 4 rings (SSSR count). The first-order valence-electron chi connectivity index (χ1n) is 12.3. The van der Waals surface area contributed by atoms with E-state index in [1.165, 1.54) is 6.07 Å². The molecule has 0 amide bonds. The summed E-state index contributed by atoms with van der Waals surface area (Å²) in [5.74, 6) is 1.41. The van der Waals surface area contributed by atoms with Crippen molar-refractivity contribution in [2.75, 3.05) is 44.4 Å². The highest BCUT2D eigenvalue weighted by Crippen LogP contribution is 2.40. The molecule has 0 aliphatic rings. The van der Waals surface area contributed by atoms with Crippen molar-refractivity contribution < 1.29 is 13.9 Å². The first-order valence-corrected chi connectivity index (χ1v) is 12.3. The molecule has 1 heterocycles. The van der Waals surface area contributed by atoms with Crippen LogP contribution in [0.1, 0.15) is 13.8 Å². The zero-order chi connectivity index (χ0) is 26.2. The Labute approximate surface area is 217 Å². The van der Waals surface area contributed by atoms with Crippen molar-refractivity contribution in [2.45, 2.75) is 13.8 Å². The van der Waals surface area contributed by atoms with E-state index in [1.807, 2.05) is 48.5 Å². The maximum atomic E-state index is 15.1. The molecule has 192 valence electrons. The maximum absolute atomic E-state index is 15.1. The number of aromatic nitrogens is 2. The van der Waals surface area contributed by atoms with Gasteiger partial charge in [-0.15, -0.1) is 0 Å². The van der Waals surface area contributed by atoms with E-state index in [-0.39, 0.29) is 5.95 Å². The van der Waals surface area contributed by atoms with Crippen molar-refractivity contribution in [2.24, 2.45) is 0 Å². The van der Waals surface area contributed by atoms with Gasteiger partial charge < -0.3 is 25.4 Å². The van der Waals surface area contributed by atoms with Crippen molar-refractivity contribution >= 4 is 17.5 Å². The fourth-order valence-corrected chi connectivity index (χ4v) is 4.11. The number of nitrogens with two attached hydrogens (primary N) is 1. The molecular weight excluding hydrogens is 469 g/mol. The largest absolute Gasteiger partial charge is 0.495 e. The first-order chi connectivity index (χ1) is 18.0. The normalized spacial score (nSPS) is 10.9. The number of likely N-dealkylation sites (N-methyl/N-ethyl adjacent to an activating group) is 1. The highest BCUT2D eigenvalue weighted by molar-refractivity contribution is 5.91. The van der Waals surface area contributed by atoms with Gasteiger partial charge in [-0.3, -0.25) is 0 Å².